The molecule has 1 aliphatic rings. The third-order valence-electron chi connectivity index (χ3n) is 5.03. The molecule has 0 spiro atoms. The first-order chi connectivity index (χ1) is 14.3. The highest BCUT2D eigenvalue weighted by Gasteiger charge is 2.60. The van der Waals surface area contributed by atoms with Crippen LogP contribution in [0.3, 0.4) is 0 Å². The van der Waals surface area contributed by atoms with Crippen LogP contribution in [-0.2, 0) is 10.3 Å². The summed E-state index contributed by atoms with van der Waals surface area (Å²) < 4.78 is 75.8. The van der Waals surface area contributed by atoms with E-state index < -0.39 is 48.2 Å². The molecule has 0 fully saturated rings. The molecule has 1 aliphatic heterocycles. The summed E-state index contributed by atoms with van der Waals surface area (Å²) in [5, 5.41) is 0.0233. The third kappa shape index (κ3) is 3.21. The van der Waals surface area contributed by atoms with Crippen molar-refractivity contribution in [2.75, 3.05) is 6.67 Å². The Morgan fingerprint density at radius 3 is 2.33 bits per heavy atom. The fraction of sp³-hybridized carbons (Fsp3) is 0.250. The Balaban J connectivity index is 2.02. The minimum Gasteiger partial charge on any atom is -0.452 e. The molecule has 0 amide bonds. The number of aromatic nitrogens is 2. The van der Waals surface area contributed by atoms with Crippen molar-refractivity contribution in [2.24, 2.45) is 10.7 Å². The summed E-state index contributed by atoms with van der Waals surface area (Å²) in [6.45, 7) is -1.36. The highest BCUT2D eigenvalue weighted by Crippen LogP contribution is 2.49. The lowest BCUT2D eigenvalue weighted by atomic mass is 9.74. The van der Waals surface area contributed by atoms with Gasteiger partial charge in [-0.3, -0.25) is 0 Å². The molecule has 0 aliphatic carbocycles. The molecule has 0 saturated heterocycles. The molecule has 5 nitrogen and oxygen atoms in total. The van der Waals surface area contributed by atoms with Gasteiger partial charge in [-0.05, 0) is 17.7 Å². The molecule has 3 unspecified atom stereocenters. The minimum atomic E-state index is -4.98. The summed E-state index contributed by atoms with van der Waals surface area (Å²) in [4.78, 5) is 11.7. The molecule has 4 rings (SSSR count). The van der Waals surface area contributed by atoms with Crippen LogP contribution in [0.25, 0.3) is 10.9 Å². The normalized spacial score (nSPS) is 24.4. The molecule has 2 aromatic carbocycles. The van der Waals surface area contributed by atoms with Crippen molar-refractivity contribution >= 4 is 16.9 Å². The van der Waals surface area contributed by atoms with E-state index in [0.717, 1.165) is 0 Å². The molecule has 156 valence electrons. The van der Waals surface area contributed by atoms with Crippen molar-refractivity contribution in [3.05, 3.63) is 71.9 Å². The van der Waals surface area contributed by atoms with E-state index in [9.17, 15) is 22.0 Å². The van der Waals surface area contributed by atoms with Crippen molar-refractivity contribution in [1.82, 2.24) is 9.97 Å². The number of hydrogen-bond donors (Lipinski definition) is 1. The maximum Gasteiger partial charge on any atom is 0.426 e. The maximum atomic E-state index is 14.6. The number of nitrogens with two attached hydrogens (primary N) is 1. The summed E-state index contributed by atoms with van der Waals surface area (Å²) in [5.41, 5.74) is 3.54. The predicted molar refractivity (Wildman–Crippen MR) is 98.9 cm³/mol. The molecule has 0 saturated carbocycles. The SMILES string of the molecule is NC1=NC(CF)(c2ccccc2)C(c2nc(F)c3ccccc3n2)C(C(F)(F)F)O1. The van der Waals surface area contributed by atoms with Gasteiger partial charge in [0.15, 0.2) is 0 Å². The van der Waals surface area contributed by atoms with Gasteiger partial charge in [0.1, 0.15) is 18.0 Å². The Labute approximate surface area is 167 Å². The number of para-hydroxylation sites is 1. The monoisotopic (exact) mass is 422 g/mol. The molecule has 3 atom stereocenters. The highest BCUT2D eigenvalue weighted by molar-refractivity contribution is 5.78. The van der Waals surface area contributed by atoms with E-state index in [4.69, 9.17) is 10.5 Å². The molecule has 30 heavy (non-hydrogen) atoms. The van der Waals surface area contributed by atoms with Crippen LogP contribution in [0.5, 0.6) is 0 Å². The van der Waals surface area contributed by atoms with Crippen LogP contribution in [0.1, 0.15) is 17.3 Å². The number of benzene rings is 2. The van der Waals surface area contributed by atoms with Gasteiger partial charge in [-0.25, -0.2) is 19.4 Å². The molecule has 2 heterocycles. The van der Waals surface area contributed by atoms with Crippen LogP contribution in [0.4, 0.5) is 22.0 Å². The van der Waals surface area contributed by atoms with Gasteiger partial charge >= 0.3 is 6.18 Å². The van der Waals surface area contributed by atoms with Crippen molar-refractivity contribution in [3.63, 3.8) is 0 Å². The fourth-order valence-corrected chi connectivity index (χ4v) is 3.70. The Hall–Kier alpha value is -3.30. The summed E-state index contributed by atoms with van der Waals surface area (Å²) in [6.07, 6.45) is -7.61. The zero-order valence-corrected chi connectivity index (χ0v) is 15.3. The molecule has 0 bridgehead atoms. The summed E-state index contributed by atoms with van der Waals surface area (Å²) >= 11 is 0. The lowest BCUT2D eigenvalue weighted by molar-refractivity contribution is -0.216. The molecule has 1 aromatic heterocycles. The topological polar surface area (TPSA) is 73.4 Å². The van der Waals surface area contributed by atoms with Gasteiger partial charge in [0.25, 0.3) is 6.02 Å². The van der Waals surface area contributed by atoms with Crippen LogP contribution in [0.2, 0.25) is 0 Å². The van der Waals surface area contributed by atoms with E-state index in [-0.39, 0.29) is 16.5 Å². The Morgan fingerprint density at radius 2 is 1.67 bits per heavy atom. The Morgan fingerprint density at radius 1 is 1.00 bits per heavy atom. The van der Waals surface area contributed by atoms with Crippen molar-refractivity contribution in [2.45, 2.75) is 23.7 Å². The van der Waals surface area contributed by atoms with Crippen LogP contribution in [-0.4, -0.2) is 34.9 Å². The molecule has 2 N–H and O–H groups in total. The second-order valence-electron chi connectivity index (χ2n) is 6.82. The molecule has 3 aromatic rings. The summed E-state index contributed by atoms with van der Waals surface area (Å²) in [6, 6.07) is 12.6. The standard InChI is InChI=1S/C20H15F5N4O/c21-10-19(11-6-2-1-3-7-11)14(15(20(23,24)25)30-18(26)29-19)17-27-13-9-5-4-8-12(13)16(22)28-17/h1-9,14-15H,10H2,(H2,26,29). The maximum absolute atomic E-state index is 14.6. The van der Waals surface area contributed by atoms with Crippen LogP contribution >= 0.6 is 0 Å². The number of amidine groups is 1. The average Bonchev–Trinajstić information content (AvgIpc) is 2.73. The van der Waals surface area contributed by atoms with Crippen LogP contribution in [0.15, 0.2) is 59.6 Å². The lowest BCUT2D eigenvalue weighted by Crippen LogP contribution is -2.54. The number of hydrogen-bond acceptors (Lipinski definition) is 5. The van der Waals surface area contributed by atoms with Crippen molar-refractivity contribution < 1.29 is 26.7 Å². The van der Waals surface area contributed by atoms with Gasteiger partial charge in [-0.2, -0.15) is 17.6 Å². The van der Waals surface area contributed by atoms with Crippen LogP contribution in [0, 0.1) is 5.95 Å². The van der Waals surface area contributed by atoms with E-state index in [1.807, 2.05) is 0 Å². The summed E-state index contributed by atoms with van der Waals surface area (Å²) in [5.74, 6) is -3.53. The van der Waals surface area contributed by atoms with Crippen molar-refractivity contribution in [3.8, 4) is 0 Å². The smallest absolute Gasteiger partial charge is 0.426 e. The Bertz CT molecular complexity index is 1110. The number of rotatable bonds is 3. The second kappa shape index (κ2) is 7.19. The van der Waals surface area contributed by atoms with Crippen LogP contribution < -0.4 is 5.73 Å². The molecular formula is C20H15F5N4O. The second-order valence-corrected chi connectivity index (χ2v) is 6.82. The molecule has 0 radical (unpaired) electrons. The number of fused-ring (bicyclic) bond motifs is 1. The van der Waals surface area contributed by atoms with E-state index >= 15 is 0 Å². The van der Waals surface area contributed by atoms with E-state index in [2.05, 4.69) is 15.0 Å². The van der Waals surface area contributed by atoms with Gasteiger partial charge in [0.2, 0.25) is 12.1 Å². The first-order valence-electron chi connectivity index (χ1n) is 8.88. The zero-order valence-electron chi connectivity index (χ0n) is 15.3. The third-order valence-corrected chi connectivity index (χ3v) is 5.03. The quantitative estimate of drug-likeness (QED) is 0.512. The van der Waals surface area contributed by atoms with Gasteiger partial charge in [-0.15, -0.1) is 0 Å². The minimum absolute atomic E-state index is 0.0233. The highest BCUT2D eigenvalue weighted by atomic mass is 19.4. The van der Waals surface area contributed by atoms with E-state index in [1.54, 1.807) is 12.1 Å². The first-order valence-corrected chi connectivity index (χ1v) is 8.88. The van der Waals surface area contributed by atoms with E-state index in [0.29, 0.717) is 0 Å². The number of aliphatic imine (C=N–C) groups is 1. The first kappa shape index (κ1) is 20.0. The Kier molecular flexibility index (Phi) is 4.79. The summed E-state index contributed by atoms with van der Waals surface area (Å²) in [7, 11) is 0. The van der Waals surface area contributed by atoms with Gasteiger partial charge in [0.05, 0.1) is 16.8 Å². The van der Waals surface area contributed by atoms with Crippen molar-refractivity contribution in [1.29, 1.82) is 0 Å². The van der Waals surface area contributed by atoms with E-state index in [1.165, 1.54) is 42.5 Å². The number of halogens is 5. The van der Waals surface area contributed by atoms with Gasteiger partial charge < -0.3 is 10.5 Å². The molecule has 10 heteroatoms. The van der Waals surface area contributed by atoms with Gasteiger partial charge in [-0.1, -0.05) is 42.5 Å². The predicted octanol–water partition coefficient (Wildman–Crippen LogP) is 3.99. The average molecular weight is 422 g/mol. The largest absolute Gasteiger partial charge is 0.452 e. The number of alkyl halides is 4. The zero-order chi connectivity index (χ0) is 21.5. The fourth-order valence-electron chi connectivity index (χ4n) is 3.70. The molecular weight excluding hydrogens is 407 g/mol. The lowest BCUT2D eigenvalue weighted by Gasteiger charge is -2.42. The number of ether oxygens (including phenoxy) is 1. The van der Waals surface area contributed by atoms with Gasteiger partial charge in [0, 0.05) is 0 Å². The number of nitrogens with zero attached hydrogens (tertiary/aromatic N) is 3.